The predicted octanol–water partition coefficient (Wildman–Crippen LogP) is 10.1. The summed E-state index contributed by atoms with van der Waals surface area (Å²) in [5.41, 5.74) is 7.48. The molecule has 0 spiro atoms. The SMILES string of the molecule is C=C/C(=C\C=C(C)C)N(c1ccccc1)c1ccc(C=Cc2ccc3c(C#N)c4ccccc4c(C#N)c3c2)cc1. The highest BCUT2D eigenvalue weighted by molar-refractivity contribution is 6.09. The Labute approximate surface area is 241 Å². The summed E-state index contributed by atoms with van der Waals surface area (Å²) in [4.78, 5) is 2.18. The van der Waals surface area contributed by atoms with Crippen LogP contribution in [0.2, 0.25) is 0 Å². The van der Waals surface area contributed by atoms with Gasteiger partial charge >= 0.3 is 0 Å². The van der Waals surface area contributed by atoms with Crippen LogP contribution >= 0.6 is 0 Å². The minimum Gasteiger partial charge on any atom is -0.311 e. The zero-order valence-corrected chi connectivity index (χ0v) is 23.2. The van der Waals surface area contributed by atoms with Gasteiger partial charge in [0.25, 0.3) is 0 Å². The second-order valence-electron chi connectivity index (χ2n) is 9.96. The average Bonchev–Trinajstić information content (AvgIpc) is 3.01. The van der Waals surface area contributed by atoms with Gasteiger partial charge < -0.3 is 4.90 Å². The van der Waals surface area contributed by atoms with E-state index in [0.29, 0.717) is 11.1 Å². The zero-order valence-electron chi connectivity index (χ0n) is 23.2. The molecule has 0 N–H and O–H groups in total. The number of hydrogen-bond donors (Lipinski definition) is 0. The summed E-state index contributed by atoms with van der Waals surface area (Å²) in [7, 11) is 0. The molecule has 0 amide bonds. The number of anilines is 2. The molecule has 0 radical (unpaired) electrons. The molecule has 3 nitrogen and oxygen atoms in total. The van der Waals surface area contributed by atoms with Gasteiger partial charge in [-0.15, -0.1) is 0 Å². The Morgan fingerprint density at radius 3 is 1.78 bits per heavy atom. The van der Waals surface area contributed by atoms with Crippen LogP contribution in [-0.2, 0) is 0 Å². The van der Waals surface area contributed by atoms with E-state index in [1.165, 1.54) is 5.57 Å². The van der Waals surface area contributed by atoms with Crippen molar-refractivity contribution in [3.63, 3.8) is 0 Å². The third kappa shape index (κ3) is 5.57. The molecule has 0 unspecified atom stereocenters. The van der Waals surface area contributed by atoms with E-state index in [4.69, 9.17) is 0 Å². The summed E-state index contributed by atoms with van der Waals surface area (Å²) >= 11 is 0. The first kappa shape index (κ1) is 26.9. The highest BCUT2D eigenvalue weighted by Gasteiger charge is 2.14. The topological polar surface area (TPSA) is 50.8 Å². The van der Waals surface area contributed by atoms with E-state index in [1.807, 2.05) is 72.8 Å². The number of nitriles is 2. The molecule has 5 rings (SSSR count). The molecule has 0 bridgehead atoms. The van der Waals surface area contributed by atoms with Gasteiger partial charge in [0, 0.05) is 38.6 Å². The maximum atomic E-state index is 10.00. The van der Waals surface area contributed by atoms with Gasteiger partial charge in [0.2, 0.25) is 0 Å². The summed E-state index contributed by atoms with van der Waals surface area (Å²) < 4.78 is 0. The molecule has 0 aliphatic rings. The van der Waals surface area contributed by atoms with Crippen LogP contribution < -0.4 is 4.90 Å². The van der Waals surface area contributed by atoms with Crippen molar-refractivity contribution in [2.75, 3.05) is 4.90 Å². The number of benzene rings is 5. The van der Waals surface area contributed by atoms with Gasteiger partial charge in [-0.1, -0.05) is 97.1 Å². The van der Waals surface area contributed by atoms with E-state index in [1.54, 1.807) is 0 Å². The first-order valence-electron chi connectivity index (χ1n) is 13.4. The largest absolute Gasteiger partial charge is 0.311 e. The number of para-hydroxylation sites is 1. The lowest BCUT2D eigenvalue weighted by molar-refractivity contribution is 1.21. The highest BCUT2D eigenvalue weighted by Crippen LogP contribution is 2.34. The average molecular weight is 528 g/mol. The van der Waals surface area contributed by atoms with Crippen LogP contribution in [0.3, 0.4) is 0 Å². The quantitative estimate of drug-likeness (QED) is 0.120. The van der Waals surface area contributed by atoms with E-state index < -0.39 is 0 Å². The molecule has 3 heteroatoms. The molecule has 5 aromatic rings. The Morgan fingerprint density at radius 1 is 0.634 bits per heavy atom. The molecule has 0 atom stereocenters. The van der Waals surface area contributed by atoms with Crippen LogP contribution in [-0.4, -0.2) is 0 Å². The summed E-state index contributed by atoms with van der Waals surface area (Å²) in [6.07, 6.45) is 10.1. The van der Waals surface area contributed by atoms with E-state index in [9.17, 15) is 10.5 Å². The second-order valence-corrected chi connectivity index (χ2v) is 9.96. The number of nitrogens with zero attached hydrogens (tertiary/aromatic N) is 3. The van der Waals surface area contributed by atoms with Crippen molar-refractivity contribution in [2.45, 2.75) is 13.8 Å². The number of rotatable bonds is 7. The number of fused-ring (bicyclic) bond motifs is 2. The highest BCUT2D eigenvalue weighted by atomic mass is 15.1. The van der Waals surface area contributed by atoms with Crippen LogP contribution in [0.25, 0.3) is 33.7 Å². The van der Waals surface area contributed by atoms with Crippen molar-refractivity contribution in [2.24, 2.45) is 0 Å². The Hall–Kier alpha value is -5.64. The fourth-order valence-electron chi connectivity index (χ4n) is 4.98. The molecule has 41 heavy (non-hydrogen) atoms. The summed E-state index contributed by atoms with van der Waals surface area (Å²) in [6, 6.07) is 36.9. The Balaban J connectivity index is 1.50. The Bertz CT molecular complexity index is 1920. The van der Waals surface area contributed by atoms with Crippen LogP contribution in [0.15, 0.2) is 133 Å². The standard InChI is InChI=1S/C38H29N3/c1-4-30(20-14-27(2)3)41(31-10-6-5-7-11-31)32-21-17-28(18-22-32)15-16-29-19-23-35-36(24-29)38(26-40)34-13-9-8-12-33(34)37(35)25-39/h4-24H,1H2,2-3H3/b16-15?,30-20+. The lowest BCUT2D eigenvalue weighted by Crippen LogP contribution is -2.14. The van der Waals surface area contributed by atoms with Gasteiger partial charge in [-0.3, -0.25) is 0 Å². The van der Waals surface area contributed by atoms with Crippen molar-refractivity contribution < 1.29 is 0 Å². The van der Waals surface area contributed by atoms with Crippen molar-refractivity contribution in [1.29, 1.82) is 10.5 Å². The summed E-state index contributed by atoms with van der Waals surface area (Å²) in [5, 5.41) is 23.1. The molecule has 0 aliphatic carbocycles. The van der Waals surface area contributed by atoms with Gasteiger partial charge in [-0.2, -0.15) is 10.5 Å². The Morgan fingerprint density at radius 2 is 1.17 bits per heavy atom. The predicted molar refractivity (Wildman–Crippen MR) is 173 cm³/mol. The maximum absolute atomic E-state index is 10.00. The first-order chi connectivity index (χ1) is 20.0. The van der Waals surface area contributed by atoms with Crippen LogP contribution in [0.1, 0.15) is 36.1 Å². The molecular formula is C38H29N3. The fraction of sp³-hybridized carbons (Fsp3) is 0.0526. The molecule has 5 aromatic carbocycles. The van der Waals surface area contributed by atoms with E-state index in [0.717, 1.165) is 49.7 Å². The maximum Gasteiger partial charge on any atom is 0.100 e. The van der Waals surface area contributed by atoms with Crippen LogP contribution in [0.5, 0.6) is 0 Å². The molecule has 0 aliphatic heterocycles. The lowest BCUT2D eigenvalue weighted by Gasteiger charge is -2.26. The number of allylic oxidation sites excluding steroid dienone is 4. The fourth-order valence-corrected chi connectivity index (χ4v) is 4.98. The van der Waals surface area contributed by atoms with Crippen LogP contribution in [0.4, 0.5) is 11.4 Å². The summed E-state index contributed by atoms with van der Waals surface area (Å²) in [6.45, 7) is 8.22. The molecule has 0 saturated carbocycles. The molecule has 196 valence electrons. The number of hydrogen-bond acceptors (Lipinski definition) is 3. The summed E-state index contributed by atoms with van der Waals surface area (Å²) in [5.74, 6) is 0. The molecule has 0 fully saturated rings. The minimum absolute atomic E-state index is 0.592. The third-order valence-corrected chi connectivity index (χ3v) is 6.96. The molecule has 0 saturated heterocycles. The van der Waals surface area contributed by atoms with Gasteiger partial charge in [0.15, 0.2) is 0 Å². The normalized spacial score (nSPS) is 11.3. The van der Waals surface area contributed by atoms with Crippen molar-refractivity contribution in [3.8, 4) is 12.1 Å². The van der Waals surface area contributed by atoms with Crippen LogP contribution in [0, 0.1) is 22.7 Å². The smallest absolute Gasteiger partial charge is 0.100 e. The minimum atomic E-state index is 0.592. The van der Waals surface area contributed by atoms with Gasteiger partial charge in [0.1, 0.15) is 12.1 Å². The van der Waals surface area contributed by atoms with Gasteiger partial charge in [-0.05, 0) is 67.5 Å². The van der Waals surface area contributed by atoms with E-state index >= 15 is 0 Å². The van der Waals surface area contributed by atoms with E-state index in [-0.39, 0.29) is 0 Å². The van der Waals surface area contributed by atoms with Gasteiger partial charge in [0.05, 0.1) is 11.1 Å². The zero-order chi connectivity index (χ0) is 28.8. The first-order valence-corrected chi connectivity index (χ1v) is 13.4. The molecule has 0 aromatic heterocycles. The molecular weight excluding hydrogens is 498 g/mol. The molecule has 0 heterocycles. The monoisotopic (exact) mass is 527 g/mol. The van der Waals surface area contributed by atoms with Crippen molar-refractivity contribution in [3.05, 3.63) is 155 Å². The Kier molecular flexibility index (Phi) is 7.91. The van der Waals surface area contributed by atoms with Crippen molar-refractivity contribution in [1.82, 2.24) is 0 Å². The second kappa shape index (κ2) is 12.0. The lowest BCUT2D eigenvalue weighted by atomic mass is 9.91. The third-order valence-electron chi connectivity index (χ3n) is 6.96. The van der Waals surface area contributed by atoms with Gasteiger partial charge in [-0.25, -0.2) is 0 Å². The van der Waals surface area contributed by atoms with E-state index in [2.05, 4.69) is 92.1 Å². The van der Waals surface area contributed by atoms with Crippen molar-refractivity contribution >= 4 is 45.1 Å².